The predicted molar refractivity (Wildman–Crippen MR) is 114 cm³/mol. The Labute approximate surface area is 183 Å². The third-order valence-corrected chi connectivity index (χ3v) is 4.90. The molecule has 0 bridgehead atoms. The molecule has 30 heavy (non-hydrogen) atoms. The first-order chi connectivity index (χ1) is 14.1. The quantitative estimate of drug-likeness (QED) is 0.114. The highest BCUT2D eigenvalue weighted by molar-refractivity contribution is 7.98. The summed E-state index contributed by atoms with van der Waals surface area (Å²) in [4.78, 5) is 58.8. The van der Waals surface area contributed by atoms with E-state index in [1.807, 2.05) is 0 Å². The zero-order chi connectivity index (χ0) is 23.3. The van der Waals surface area contributed by atoms with Gasteiger partial charge >= 0.3 is 5.97 Å². The summed E-state index contributed by atoms with van der Waals surface area (Å²) in [5, 5.41) is 25.3. The van der Waals surface area contributed by atoms with Crippen LogP contribution in [0.3, 0.4) is 0 Å². The topological polar surface area (TPSA) is 214 Å². The maximum atomic E-state index is 12.6. The zero-order valence-corrected chi connectivity index (χ0v) is 18.2. The molecular weight excluding hydrogens is 438 g/mol. The van der Waals surface area contributed by atoms with Crippen LogP contribution in [0.2, 0.25) is 0 Å². The molecule has 0 radical (unpaired) electrons. The van der Waals surface area contributed by atoms with Crippen LogP contribution < -0.4 is 27.4 Å². The Morgan fingerprint density at radius 3 is 1.97 bits per heavy atom. The summed E-state index contributed by atoms with van der Waals surface area (Å²) in [5.41, 5.74) is 10.7. The molecule has 4 amide bonds. The fraction of sp³-hybridized carbons (Fsp3) is 0.688. The number of nitrogens with two attached hydrogens (primary N) is 2. The first kappa shape index (κ1) is 28.0. The molecule has 0 aliphatic heterocycles. The van der Waals surface area contributed by atoms with Gasteiger partial charge in [-0.3, -0.25) is 19.2 Å². The molecule has 0 fully saturated rings. The van der Waals surface area contributed by atoms with E-state index in [-0.39, 0.29) is 25.0 Å². The molecule has 0 rings (SSSR count). The number of primary amides is 1. The number of aliphatic carboxylic acids is 1. The van der Waals surface area contributed by atoms with Gasteiger partial charge in [0.2, 0.25) is 23.6 Å². The number of amides is 4. The van der Waals surface area contributed by atoms with Gasteiger partial charge in [0.1, 0.15) is 18.1 Å². The number of hydrogen-bond donors (Lipinski definition) is 8. The molecule has 0 spiro atoms. The lowest BCUT2D eigenvalue weighted by Crippen LogP contribution is -2.58. The molecule has 4 atom stereocenters. The van der Waals surface area contributed by atoms with Gasteiger partial charge in [-0.15, -0.1) is 0 Å². The van der Waals surface area contributed by atoms with Crippen molar-refractivity contribution in [3.63, 3.8) is 0 Å². The van der Waals surface area contributed by atoms with Gasteiger partial charge in [-0.25, -0.2) is 4.79 Å². The van der Waals surface area contributed by atoms with E-state index in [1.165, 1.54) is 11.8 Å². The fourth-order valence-corrected chi connectivity index (χ4v) is 2.86. The second-order valence-corrected chi connectivity index (χ2v) is 7.63. The molecule has 0 aromatic carbocycles. The third-order valence-electron chi connectivity index (χ3n) is 3.89. The molecule has 0 aromatic rings. The molecule has 0 aliphatic carbocycles. The third kappa shape index (κ3) is 10.7. The van der Waals surface area contributed by atoms with E-state index in [9.17, 15) is 29.1 Å². The number of thioether (sulfide) groups is 1. The summed E-state index contributed by atoms with van der Waals surface area (Å²) in [6.07, 6.45) is 1.90. The standard InChI is InChI=1S/C16H29N5O7S2/c1-30-5-4-9(19-13(24)8(17)2-3-12(18)23)14(25)20-10(6-22)15(26)21-11(7-29)16(27)28/h8-11,22,29H,2-7,17H2,1H3,(H2,18,23)(H,19,24)(H,20,25)(H,21,26)(H,27,28). The molecule has 4 unspecified atom stereocenters. The number of carboxylic acids is 1. The number of thiol groups is 1. The Bertz CT molecular complexity index is 623. The highest BCUT2D eigenvalue weighted by Gasteiger charge is 2.29. The Kier molecular flexibility index (Phi) is 13.9. The Morgan fingerprint density at radius 1 is 0.967 bits per heavy atom. The highest BCUT2D eigenvalue weighted by Crippen LogP contribution is 2.04. The number of aliphatic hydroxyl groups is 1. The zero-order valence-electron chi connectivity index (χ0n) is 16.5. The molecule has 12 nitrogen and oxygen atoms in total. The summed E-state index contributed by atoms with van der Waals surface area (Å²) >= 11 is 5.24. The van der Waals surface area contributed by atoms with Gasteiger partial charge in [-0.1, -0.05) is 0 Å². The van der Waals surface area contributed by atoms with Crippen LogP contribution in [0, 0.1) is 0 Å². The first-order valence-electron chi connectivity index (χ1n) is 8.95. The summed E-state index contributed by atoms with van der Waals surface area (Å²) in [6, 6.07) is -4.87. The minimum atomic E-state index is -1.43. The fourth-order valence-electron chi connectivity index (χ4n) is 2.14. The number of carbonyl (C=O) groups excluding carboxylic acids is 4. The maximum Gasteiger partial charge on any atom is 0.327 e. The molecular formula is C16H29N5O7S2. The molecule has 0 saturated carbocycles. The lowest BCUT2D eigenvalue weighted by atomic mass is 10.1. The molecule has 9 N–H and O–H groups in total. The van der Waals surface area contributed by atoms with Gasteiger partial charge in [0, 0.05) is 12.2 Å². The van der Waals surface area contributed by atoms with Gasteiger partial charge in [0.15, 0.2) is 0 Å². The summed E-state index contributed by atoms with van der Waals surface area (Å²) in [6.45, 7) is -0.794. The Morgan fingerprint density at radius 2 is 1.50 bits per heavy atom. The second-order valence-electron chi connectivity index (χ2n) is 6.28. The van der Waals surface area contributed by atoms with Crippen molar-refractivity contribution in [1.29, 1.82) is 0 Å². The van der Waals surface area contributed by atoms with Gasteiger partial charge in [0.25, 0.3) is 0 Å². The van der Waals surface area contributed by atoms with E-state index >= 15 is 0 Å². The SMILES string of the molecule is CSCCC(NC(=O)C(N)CCC(N)=O)C(=O)NC(CO)C(=O)NC(CS)C(=O)O. The minimum absolute atomic E-state index is 0.00000895. The van der Waals surface area contributed by atoms with E-state index in [4.69, 9.17) is 16.6 Å². The van der Waals surface area contributed by atoms with E-state index < -0.39 is 60.4 Å². The van der Waals surface area contributed by atoms with E-state index in [2.05, 4.69) is 28.6 Å². The molecule has 14 heteroatoms. The van der Waals surface area contributed by atoms with Crippen LogP contribution in [0.15, 0.2) is 0 Å². The molecule has 0 heterocycles. The molecule has 0 saturated heterocycles. The van der Waals surface area contributed by atoms with E-state index in [0.717, 1.165) is 0 Å². The highest BCUT2D eigenvalue weighted by atomic mass is 32.2. The number of aliphatic hydroxyl groups excluding tert-OH is 1. The van der Waals surface area contributed by atoms with Crippen LogP contribution in [0.1, 0.15) is 19.3 Å². The van der Waals surface area contributed by atoms with Crippen LogP contribution >= 0.6 is 24.4 Å². The predicted octanol–water partition coefficient (Wildman–Crippen LogP) is -3.21. The Balaban J connectivity index is 5.09. The number of carbonyl (C=O) groups is 5. The van der Waals surface area contributed by atoms with Gasteiger partial charge < -0.3 is 37.6 Å². The van der Waals surface area contributed by atoms with Gasteiger partial charge in [0.05, 0.1) is 12.6 Å². The van der Waals surface area contributed by atoms with Crippen molar-refractivity contribution in [2.45, 2.75) is 43.4 Å². The monoisotopic (exact) mass is 467 g/mol. The van der Waals surface area contributed by atoms with Crippen LogP contribution in [-0.2, 0) is 24.0 Å². The lowest BCUT2D eigenvalue weighted by Gasteiger charge is -2.24. The van der Waals surface area contributed by atoms with Crippen molar-refractivity contribution in [1.82, 2.24) is 16.0 Å². The van der Waals surface area contributed by atoms with Gasteiger partial charge in [-0.05, 0) is 24.9 Å². The van der Waals surface area contributed by atoms with Crippen LogP contribution in [0.4, 0.5) is 0 Å². The average Bonchev–Trinajstić information content (AvgIpc) is 2.70. The van der Waals surface area contributed by atoms with Crippen LogP contribution in [0.25, 0.3) is 0 Å². The Hall–Kier alpha value is -2.03. The van der Waals surface area contributed by atoms with Crippen molar-refractivity contribution in [2.24, 2.45) is 11.5 Å². The summed E-state index contributed by atoms with van der Waals surface area (Å²) in [5.74, 6) is -3.99. The first-order valence-corrected chi connectivity index (χ1v) is 11.0. The smallest absolute Gasteiger partial charge is 0.327 e. The number of carboxylic acid groups (broad SMARTS) is 1. The second kappa shape index (κ2) is 14.9. The largest absolute Gasteiger partial charge is 0.480 e. The summed E-state index contributed by atoms with van der Waals surface area (Å²) < 4.78 is 0. The number of nitrogens with one attached hydrogen (secondary N) is 3. The van der Waals surface area contributed by atoms with E-state index in [0.29, 0.717) is 5.75 Å². The minimum Gasteiger partial charge on any atom is -0.480 e. The normalized spacial score (nSPS) is 14.7. The lowest BCUT2D eigenvalue weighted by molar-refractivity contribution is -0.142. The van der Waals surface area contributed by atoms with Crippen LogP contribution in [-0.4, -0.2) is 88.3 Å². The van der Waals surface area contributed by atoms with Crippen molar-refractivity contribution in [2.75, 3.05) is 24.4 Å². The number of rotatable bonds is 15. The molecule has 0 aliphatic rings. The van der Waals surface area contributed by atoms with Gasteiger partial charge in [-0.2, -0.15) is 24.4 Å². The van der Waals surface area contributed by atoms with Crippen molar-refractivity contribution in [3.8, 4) is 0 Å². The maximum absolute atomic E-state index is 12.6. The van der Waals surface area contributed by atoms with E-state index in [1.54, 1.807) is 6.26 Å². The van der Waals surface area contributed by atoms with Crippen molar-refractivity contribution < 1.29 is 34.2 Å². The molecule has 0 aromatic heterocycles. The number of hydrogen-bond acceptors (Lipinski definition) is 9. The van der Waals surface area contributed by atoms with Crippen LogP contribution in [0.5, 0.6) is 0 Å². The summed E-state index contributed by atoms with van der Waals surface area (Å²) in [7, 11) is 0. The average molecular weight is 468 g/mol. The van der Waals surface area contributed by atoms with Crippen molar-refractivity contribution in [3.05, 3.63) is 0 Å². The van der Waals surface area contributed by atoms with Crippen molar-refractivity contribution >= 4 is 54.0 Å². The molecule has 172 valence electrons.